The smallest absolute Gasteiger partial charge is 0.234 e. The van der Waals surface area contributed by atoms with Crippen molar-refractivity contribution in [3.63, 3.8) is 0 Å². The van der Waals surface area contributed by atoms with Crippen molar-refractivity contribution in [1.29, 1.82) is 5.26 Å². The summed E-state index contributed by atoms with van der Waals surface area (Å²) in [4.78, 5) is 16.2. The molecular formula is C20H14BrN3O2S. The summed E-state index contributed by atoms with van der Waals surface area (Å²) >= 11 is 4.66. The van der Waals surface area contributed by atoms with Crippen LogP contribution in [-0.4, -0.2) is 16.6 Å². The number of aromatic nitrogens is 1. The summed E-state index contributed by atoms with van der Waals surface area (Å²) in [5.74, 6) is 1.48. The molecule has 0 radical (unpaired) electrons. The van der Waals surface area contributed by atoms with Crippen LogP contribution in [0.5, 0.6) is 11.5 Å². The lowest BCUT2D eigenvalue weighted by molar-refractivity contribution is -0.113. The van der Waals surface area contributed by atoms with E-state index in [4.69, 9.17) is 10.00 Å². The van der Waals surface area contributed by atoms with Crippen molar-refractivity contribution >= 4 is 39.3 Å². The van der Waals surface area contributed by atoms with Gasteiger partial charge in [0.1, 0.15) is 11.5 Å². The van der Waals surface area contributed by atoms with Crippen LogP contribution in [0.4, 0.5) is 5.69 Å². The summed E-state index contributed by atoms with van der Waals surface area (Å²) < 4.78 is 6.73. The van der Waals surface area contributed by atoms with Crippen molar-refractivity contribution in [3.8, 4) is 17.6 Å². The van der Waals surface area contributed by atoms with Gasteiger partial charge in [-0.3, -0.25) is 4.79 Å². The van der Waals surface area contributed by atoms with Gasteiger partial charge in [-0.15, -0.1) is 0 Å². The van der Waals surface area contributed by atoms with E-state index in [2.05, 4.69) is 32.3 Å². The second-order valence-corrected chi connectivity index (χ2v) is 7.32. The van der Waals surface area contributed by atoms with Crippen molar-refractivity contribution in [2.45, 2.75) is 5.03 Å². The summed E-state index contributed by atoms with van der Waals surface area (Å²) in [5.41, 5.74) is 1.21. The van der Waals surface area contributed by atoms with Crippen LogP contribution in [0.15, 0.2) is 76.4 Å². The maximum Gasteiger partial charge on any atom is 0.234 e. The second kappa shape index (κ2) is 9.21. The molecule has 0 fully saturated rings. The molecule has 0 aliphatic carbocycles. The number of nitrogens with one attached hydrogen (secondary N) is 1. The molecule has 1 amide bonds. The number of carbonyl (C=O) groups excluding carboxylic acids is 1. The molecule has 3 rings (SSSR count). The molecule has 0 bridgehead atoms. The van der Waals surface area contributed by atoms with E-state index in [0.29, 0.717) is 22.0 Å². The number of rotatable bonds is 6. The summed E-state index contributed by atoms with van der Waals surface area (Å²) in [6.07, 6.45) is 1.56. The molecule has 0 aliphatic rings. The van der Waals surface area contributed by atoms with Gasteiger partial charge in [0.05, 0.1) is 22.4 Å². The van der Waals surface area contributed by atoms with Crippen LogP contribution >= 0.6 is 27.7 Å². The van der Waals surface area contributed by atoms with Gasteiger partial charge in [-0.05, 0) is 60.7 Å². The number of carbonyl (C=O) groups is 1. The summed E-state index contributed by atoms with van der Waals surface area (Å²) in [7, 11) is 0. The Morgan fingerprint density at radius 1 is 1.11 bits per heavy atom. The van der Waals surface area contributed by atoms with Gasteiger partial charge in [-0.1, -0.05) is 27.7 Å². The first-order valence-corrected chi connectivity index (χ1v) is 9.72. The van der Waals surface area contributed by atoms with Gasteiger partial charge in [0, 0.05) is 16.4 Å². The number of hydrogen-bond donors (Lipinski definition) is 1. The van der Waals surface area contributed by atoms with Crippen LogP contribution in [0.1, 0.15) is 5.56 Å². The number of nitriles is 1. The number of ether oxygens (including phenoxy) is 1. The van der Waals surface area contributed by atoms with E-state index in [0.717, 1.165) is 10.2 Å². The lowest BCUT2D eigenvalue weighted by Crippen LogP contribution is -2.14. The monoisotopic (exact) mass is 439 g/mol. The van der Waals surface area contributed by atoms with Crippen LogP contribution in [0, 0.1) is 11.3 Å². The fourth-order valence-electron chi connectivity index (χ4n) is 2.14. The van der Waals surface area contributed by atoms with E-state index < -0.39 is 0 Å². The van der Waals surface area contributed by atoms with Gasteiger partial charge < -0.3 is 10.1 Å². The number of pyridine rings is 1. The average molecular weight is 440 g/mol. The molecule has 0 aliphatic heterocycles. The molecule has 0 atom stereocenters. The van der Waals surface area contributed by atoms with Gasteiger partial charge in [0.25, 0.3) is 0 Å². The topological polar surface area (TPSA) is 75.0 Å². The largest absolute Gasteiger partial charge is 0.457 e. The number of benzene rings is 2. The highest BCUT2D eigenvalue weighted by Gasteiger charge is 2.06. The van der Waals surface area contributed by atoms with Gasteiger partial charge in [-0.25, -0.2) is 4.98 Å². The van der Waals surface area contributed by atoms with Crippen LogP contribution in [0.3, 0.4) is 0 Å². The van der Waals surface area contributed by atoms with E-state index in [1.807, 2.05) is 24.3 Å². The number of halogens is 1. The Bertz CT molecular complexity index is 970. The first kappa shape index (κ1) is 19.0. The van der Waals surface area contributed by atoms with Gasteiger partial charge >= 0.3 is 0 Å². The predicted octanol–water partition coefficient (Wildman–Crippen LogP) is 5.24. The van der Waals surface area contributed by atoms with E-state index in [1.165, 1.54) is 11.8 Å². The van der Waals surface area contributed by atoms with Crippen LogP contribution in [-0.2, 0) is 4.79 Å². The van der Waals surface area contributed by atoms with Crippen LogP contribution < -0.4 is 10.1 Å². The Balaban J connectivity index is 1.52. The Labute approximate surface area is 169 Å². The molecule has 7 heteroatoms. The lowest BCUT2D eigenvalue weighted by Gasteiger charge is -2.08. The Kier molecular flexibility index (Phi) is 6.47. The Hall–Kier alpha value is -2.82. The van der Waals surface area contributed by atoms with Crippen molar-refractivity contribution < 1.29 is 9.53 Å². The van der Waals surface area contributed by atoms with Crippen LogP contribution in [0.25, 0.3) is 0 Å². The van der Waals surface area contributed by atoms with E-state index >= 15 is 0 Å². The number of amides is 1. The molecule has 2 aromatic carbocycles. The van der Waals surface area contributed by atoms with Crippen molar-refractivity contribution in [2.24, 2.45) is 0 Å². The number of hydrogen-bond acceptors (Lipinski definition) is 5. The molecule has 5 nitrogen and oxygen atoms in total. The second-order valence-electron chi connectivity index (χ2n) is 5.41. The van der Waals surface area contributed by atoms with E-state index in [1.54, 1.807) is 42.6 Å². The number of anilines is 1. The highest BCUT2D eigenvalue weighted by atomic mass is 79.9. The molecule has 27 heavy (non-hydrogen) atoms. The third-order valence-corrected chi connectivity index (χ3v) is 4.86. The third kappa shape index (κ3) is 5.84. The van der Waals surface area contributed by atoms with Gasteiger partial charge in [0.15, 0.2) is 0 Å². The van der Waals surface area contributed by atoms with E-state index in [9.17, 15) is 4.79 Å². The Morgan fingerprint density at radius 2 is 1.78 bits per heavy atom. The fraction of sp³-hybridized carbons (Fsp3) is 0.0500. The summed E-state index contributed by atoms with van der Waals surface area (Å²) in [5, 5.41) is 12.3. The number of thioether (sulfide) groups is 1. The van der Waals surface area contributed by atoms with Crippen molar-refractivity contribution in [1.82, 2.24) is 4.98 Å². The normalized spacial score (nSPS) is 10.1. The van der Waals surface area contributed by atoms with Gasteiger partial charge in [-0.2, -0.15) is 5.26 Å². The average Bonchev–Trinajstić information content (AvgIpc) is 2.70. The molecule has 1 N–H and O–H groups in total. The first-order valence-electron chi connectivity index (χ1n) is 7.95. The lowest BCUT2D eigenvalue weighted by atomic mass is 10.3. The zero-order chi connectivity index (χ0) is 19.1. The molecule has 3 aromatic rings. The molecule has 0 unspecified atom stereocenters. The van der Waals surface area contributed by atoms with Crippen LogP contribution in [0.2, 0.25) is 0 Å². The SMILES string of the molecule is N#Cc1ccnc(SCC(=O)Nc2ccc(Oc3ccc(Br)cc3)cc2)c1. The first-order chi connectivity index (χ1) is 13.1. The van der Waals surface area contributed by atoms with E-state index in [-0.39, 0.29) is 11.7 Å². The Morgan fingerprint density at radius 3 is 2.44 bits per heavy atom. The zero-order valence-corrected chi connectivity index (χ0v) is 16.5. The maximum atomic E-state index is 12.1. The molecule has 0 saturated heterocycles. The summed E-state index contributed by atoms with van der Waals surface area (Å²) in [6, 6.07) is 20.0. The molecule has 0 spiro atoms. The third-order valence-electron chi connectivity index (χ3n) is 3.40. The quantitative estimate of drug-likeness (QED) is 0.531. The van der Waals surface area contributed by atoms with Gasteiger partial charge in [0.2, 0.25) is 5.91 Å². The minimum Gasteiger partial charge on any atom is -0.457 e. The highest BCUT2D eigenvalue weighted by Crippen LogP contribution is 2.24. The standard InChI is InChI=1S/C20H14BrN3O2S/c21-15-1-5-17(6-2-15)26-18-7-3-16(4-8-18)24-19(25)13-27-20-11-14(12-22)9-10-23-20/h1-11H,13H2,(H,24,25). The van der Waals surface area contributed by atoms with Crippen molar-refractivity contribution in [2.75, 3.05) is 11.1 Å². The minimum absolute atomic E-state index is 0.147. The summed E-state index contributed by atoms with van der Waals surface area (Å²) in [6.45, 7) is 0. The predicted molar refractivity (Wildman–Crippen MR) is 109 cm³/mol. The maximum absolute atomic E-state index is 12.1. The molecular weight excluding hydrogens is 426 g/mol. The molecule has 1 heterocycles. The zero-order valence-electron chi connectivity index (χ0n) is 14.1. The number of nitrogens with zero attached hydrogens (tertiary/aromatic N) is 2. The van der Waals surface area contributed by atoms with Crippen molar-refractivity contribution in [3.05, 3.63) is 76.9 Å². The minimum atomic E-state index is -0.147. The molecule has 1 aromatic heterocycles. The fourth-order valence-corrected chi connectivity index (χ4v) is 3.10. The molecule has 0 saturated carbocycles. The molecule has 134 valence electrons. The highest BCUT2D eigenvalue weighted by molar-refractivity contribution is 9.10.